The molecular weight excluding hydrogens is 156 g/mol. The number of carboxylic acid groups (broad SMARTS) is 1. The Morgan fingerprint density at radius 1 is 1.75 bits per heavy atom. The van der Waals surface area contributed by atoms with Gasteiger partial charge in [-0.15, -0.1) is 0 Å². The molecule has 0 amide bonds. The summed E-state index contributed by atoms with van der Waals surface area (Å²) in [5, 5.41) is 6.89. The molecule has 0 saturated carbocycles. The Morgan fingerprint density at radius 3 is 2.67 bits per heavy atom. The molecule has 0 aliphatic carbocycles. The molecule has 0 bridgehead atoms. The van der Waals surface area contributed by atoms with Crippen LogP contribution in [-0.4, -0.2) is 11.6 Å². The van der Waals surface area contributed by atoms with E-state index in [1.807, 2.05) is 12.3 Å². The summed E-state index contributed by atoms with van der Waals surface area (Å²) < 4.78 is 4.94. The van der Waals surface area contributed by atoms with Crippen LogP contribution in [0.5, 0.6) is 0 Å². The Balaban J connectivity index is 0.000000354. The summed E-state index contributed by atoms with van der Waals surface area (Å²) in [5.41, 5.74) is 1.30. The molecule has 0 spiro atoms. The van der Waals surface area contributed by atoms with Gasteiger partial charge in [0.05, 0.1) is 12.5 Å². The van der Waals surface area contributed by atoms with E-state index >= 15 is 0 Å². The Hall–Kier alpha value is -1.25. The number of rotatable bonds is 2. The topological polar surface area (TPSA) is 50.4 Å². The summed E-state index contributed by atoms with van der Waals surface area (Å²) in [7, 11) is 0. The van der Waals surface area contributed by atoms with Crippen LogP contribution < -0.4 is 0 Å². The predicted octanol–water partition coefficient (Wildman–Crippen LogP) is 2.49. The molecule has 1 heterocycles. The van der Waals surface area contributed by atoms with Crippen molar-refractivity contribution in [2.75, 3.05) is 0 Å². The largest absolute Gasteiger partial charge is 0.483 e. The molecule has 0 fully saturated rings. The van der Waals surface area contributed by atoms with Crippen molar-refractivity contribution in [3.05, 3.63) is 24.2 Å². The van der Waals surface area contributed by atoms with Crippen molar-refractivity contribution < 1.29 is 14.3 Å². The Bertz CT molecular complexity index is 192. The molecule has 1 aromatic heterocycles. The standard InChI is InChI=1S/C8H12O.CH2O2/c1-3-7(2)8-4-5-9-6-8;2-1-3/h4-7H,3H2,1-2H3;1H,(H,2,3). The van der Waals surface area contributed by atoms with E-state index in [9.17, 15) is 0 Å². The van der Waals surface area contributed by atoms with Crippen LogP contribution in [-0.2, 0) is 4.79 Å². The molecule has 68 valence electrons. The minimum Gasteiger partial charge on any atom is -0.483 e. The monoisotopic (exact) mass is 170 g/mol. The smallest absolute Gasteiger partial charge is 0.290 e. The van der Waals surface area contributed by atoms with Gasteiger partial charge in [0.1, 0.15) is 0 Å². The first-order chi connectivity index (χ1) is 5.76. The third-order valence-electron chi connectivity index (χ3n) is 1.72. The minimum atomic E-state index is -0.250. The molecule has 1 unspecified atom stereocenters. The average molecular weight is 170 g/mol. The summed E-state index contributed by atoms with van der Waals surface area (Å²) in [5.74, 6) is 0.642. The highest BCUT2D eigenvalue weighted by Crippen LogP contribution is 2.17. The van der Waals surface area contributed by atoms with Crippen LogP contribution in [0, 0.1) is 0 Å². The van der Waals surface area contributed by atoms with Gasteiger partial charge in [0.15, 0.2) is 0 Å². The van der Waals surface area contributed by atoms with Crippen LogP contribution in [0.4, 0.5) is 0 Å². The highest BCUT2D eigenvalue weighted by Gasteiger charge is 2.01. The fraction of sp³-hybridized carbons (Fsp3) is 0.444. The van der Waals surface area contributed by atoms with Crippen molar-refractivity contribution >= 4 is 6.47 Å². The molecule has 0 aromatic carbocycles. The molecule has 0 aliphatic rings. The highest BCUT2D eigenvalue weighted by molar-refractivity contribution is 5.32. The number of furan rings is 1. The molecular formula is C9H14O3. The van der Waals surface area contributed by atoms with Crippen LogP contribution in [0.2, 0.25) is 0 Å². The molecule has 3 nitrogen and oxygen atoms in total. The third kappa shape index (κ3) is 3.81. The zero-order valence-electron chi connectivity index (χ0n) is 7.36. The maximum Gasteiger partial charge on any atom is 0.290 e. The summed E-state index contributed by atoms with van der Waals surface area (Å²) in [4.78, 5) is 8.36. The van der Waals surface area contributed by atoms with Crippen molar-refractivity contribution in [3.8, 4) is 0 Å². The zero-order chi connectivity index (χ0) is 9.40. The van der Waals surface area contributed by atoms with E-state index in [1.54, 1.807) is 6.26 Å². The van der Waals surface area contributed by atoms with Gasteiger partial charge < -0.3 is 9.52 Å². The van der Waals surface area contributed by atoms with Gasteiger partial charge in [-0.2, -0.15) is 0 Å². The number of hydrogen-bond donors (Lipinski definition) is 1. The van der Waals surface area contributed by atoms with Gasteiger partial charge in [-0.3, -0.25) is 4.79 Å². The lowest BCUT2D eigenvalue weighted by Gasteiger charge is -2.01. The maximum atomic E-state index is 8.36. The van der Waals surface area contributed by atoms with Gasteiger partial charge in [-0.05, 0) is 24.0 Å². The fourth-order valence-corrected chi connectivity index (χ4v) is 0.791. The number of carbonyl (C=O) groups is 1. The molecule has 1 atom stereocenters. The van der Waals surface area contributed by atoms with Crippen molar-refractivity contribution in [1.82, 2.24) is 0 Å². The lowest BCUT2D eigenvalue weighted by molar-refractivity contribution is -0.122. The Kier molecular flexibility index (Phi) is 5.79. The van der Waals surface area contributed by atoms with Crippen molar-refractivity contribution in [1.29, 1.82) is 0 Å². The van der Waals surface area contributed by atoms with E-state index in [0.717, 1.165) is 0 Å². The van der Waals surface area contributed by atoms with Gasteiger partial charge in [-0.25, -0.2) is 0 Å². The zero-order valence-corrected chi connectivity index (χ0v) is 7.36. The van der Waals surface area contributed by atoms with Crippen LogP contribution in [0.1, 0.15) is 31.7 Å². The fourth-order valence-electron chi connectivity index (χ4n) is 0.791. The van der Waals surface area contributed by atoms with Gasteiger partial charge in [-0.1, -0.05) is 13.8 Å². The van der Waals surface area contributed by atoms with E-state index < -0.39 is 0 Å². The van der Waals surface area contributed by atoms with E-state index in [2.05, 4.69) is 13.8 Å². The molecule has 0 saturated heterocycles. The average Bonchev–Trinajstić information content (AvgIpc) is 2.56. The second-order valence-electron chi connectivity index (χ2n) is 2.47. The summed E-state index contributed by atoms with van der Waals surface area (Å²) in [6.45, 7) is 4.13. The second-order valence-corrected chi connectivity index (χ2v) is 2.47. The minimum absolute atomic E-state index is 0.250. The van der Waals surface area contributed by atoms with Gasteiger partial charge in [0.2, 0.25) is 0 Å². The van der Waals surface area contributed by atoms with Gasteiger partial charge >= 0.3 is 0 Å². The first-order valence-corrected chi connectivity index (χ1v) is 3.86. The van der Waals surface area contributed by atoms with Crippen molar-refractivity contribution in [3.63, 3.8) is 0 Å². The molecule has 0 radical (unpaired) electrons. The molecule has 1 rings (SSSR count). The van der Waals surface area contributed by atoms with Crippen LogP contribution in [0.15, 0.2) is 23.0 Å². The number of hydrogen-bond acceptors (Lipinski definition) is 2. The Labute approximate surface area is 72.0 Å². The summed E-state index contributed by atoms with van der Waals surface area (Å²) in [6.07, 6.45) is 4.72. The summed E-state index contributed by atoms with van der Waals surface area (Å²) in [6, 6.07) is 2.02. The summed E-state index contributed by atoms with van der Waals surface area (Å²) >= 11 is 0. The quantitative estimate of drug-likeness (QED) is 0.694. The van der Waals surface area contributed by atoms with Crippen molar-refractivity contribution in [2.45, 2.75) is 26.2 Å². The van der Waals surface area contributed by atoms with E-state index in [1.165, 1.54) is 12.0 Å². The third-order valence-corrected chi connectivity index (χ3v) is 1.72. The normalized spacial score (nSPS) is 11.2. The second kappa shape index (κ2) is 6.46. The molecule has 1 N–H and O–H groups in total. The lowest BCUT2D eigenvalue weighted by Crippen LogP contribution is -1.85. The van der Waals surface area contributed by atoms with Crippen LogP contribution >= 0.6 is 0 Å². The lowest BCUT2D eigenvalue weighted by atomic mass is 10.0. The van der Waals surface area contributed by atoms with Crippen LogP contribution in [0.25, 0.3) is 0 Å². The van der Waals surface area contributed by atoms with E-state index in [4.69, 9.17) is 14.3 Å². The predicted molar refractivity (Wildman–Crippen MR) is 46.1 cm³/mol. The van der Waals surface area contributed by atoms with E-state index in [0.29, 0.717) is 5.92 Å². The van der Waals surface area contributed by atoms with Crippen LogP contribution in [0.3, 0.4) is 0 Å². The highest BCUT2D eigenvalue weighted by atomic mass is 16.3. The molecule has 12 heavy (non-hydrogen) atoms. The van der Waals surface area contributed by atoms with Gasteiger partial charge in [0.25, 0.3) is 6.47 Å². The van der Waals surface area contributed by atoms with Crippen molar-refractivity contribution in [2.24, 2.45) is 0 Å². The molecule has 0 aliphatic heterocycles. The maximum absolute atomic E-state index is 8.36. The SMILES string of the molecule is CCC(C)c1ccoc1.O=CO. The Morgan fingerprint density at radius 2 is 2.33 bits per heavy atom. The van der Waals surface area contributed by atoms with Gasteiger partial charge in [0, 0.05) is 0 Å². The first kappa shape index (κ1) is 10.8. The molecule has 3 heteroatoms. The molecule has 1 aromatic rings. The van der Waals surface area contributed by atoms with E-state index in [-0.39, 0.29) is 6.47 Å². The first-order valence-electron chi connectivity index (χ1n) is 3.86.